The molecule has 1 aromatic carbocycles. The summed E-state index contributed by atoms with van der Waals surface area (Å²) in [4.78, 5) is 24.5. The van der Waals surface area contributed by atoms with Gasteiger partial charge in [-0.15, -0.1) is 0 Å². The molecule has 2 aromatic heterocycles. The normalized spacial score (nSPS) is 12.1. The van der Waals surface area contributed by atoms with E-state index in [4.69, 9.17) is 9.26 Å². The molecule has 0 aliphatic carbocycles. The van der Waals surface area contributed by atoms with Gasteiger partial charge in [-0.2, -0.15) is 13.2 Å². The van der Waals surface area contributed by atoms with Crippen LogP contribution in [0.15, 0.2) is 38.4 Å². The Morgan fingerprint density at radius 1 is 1.19 bits per heavy atom. The number of aromatic nitrogens is 3. The van der Waals surface area contributed by atoms with Gasteiger partial charge in [0.25, 0.3) is 11.4 Å². The summed E-state index contributed by atoms with van der Waals surface area (Å²) in [7, 11) is 0.951. The Morgan fingerprint density at radius 3 is 2.50 bits per heavy atom. The van der Waals surface area contributed by atoms with E-state index in [9.17, 15) is 22.8 Å². The molecule has 0 radical (unpaired) electrons. The van der Waals surface area contributed by atoms with Crippen molar-refractivity contribution in [3.8, 4) is 11.6 Å². The van der Waals surface area contributed by atoms with E-state index in [0.717, 1.165) is 7.05 Å². The highest BCUT2D eigenvalue weighted by molar-refractivity contribution is 5.84. The van der Waals surface area contributed by atoms with Gasteiger partial charge < -0.3 is 9.26 Å². The summed E-state index contributed by atoms with van der Waals surface area (Å²) in [6.45, 7) is 3.56. The fourth-order valence-electron chi connectivity index (χ4n) is 2.49. The molecule has 10 heteroatoms. The van der Waals surface area contributed by atoms with Crippen LogP contribution in [-0.2, 0) is 13.2 Å². The van der Waals surface area contributed by atoms with Crippen molar-refractivity contribution in [3.63, 3.8) is 0 Å². The van der Waals surface area contributed by atoms with Crippen molar-refractivity contribution < 1.29 is 22.4 Å². The Morgan fingerprint density at radius 2 is 1.88 bits per heavy atom. The largest absolute Gasteiger partial charge is 0.472 e. The van der Waals surface area contributed by atoms with Gasteiger partial charge in [-0.1, -0.05) is 0 Å². The van der Waals surface area contributed by atoms with E-state index in [-0.39, 0.29) is 17.7 Å². The third-order valence-electron chi connectivity index (χ3n) is 3.64. The average Bonchev–Trinajstić information content (AvgIpc) is 2.92. The van der Waals surface area contributed by atoms with Crippen LogP contribution in [0, 0.1) is 0 Å². The van der Waals surface area contributed by atoms with Gasteiger partial charge in [0.1, 0.15) is 5.69 Å². The lowest BCUT2D eigenvalue weighted by Crippen LogP contribution is -2.40. The second kappa shape index (κ2) is 6.04. The van der Waals surface area contributed by atoms with Gasteiger partial charge in [-0.05, 0) is 37.2 Å². The molecular formula is C16H14F3N3O4. The first-order valence-corrected chi connectivity index (χ1v) is 7.56. The second-order valence-corrected chi connectivity index (χ2v) is 5.88. The van der Waals surface area contributed by atoms with Gasteiger partial charge in [0.2, 0.25) is 0 Å². The predicted octanol–water partition coefficient (Wildman–Crippen LogP) is 2.48. The molecular weight excluding hydrogens is 355 g/mol. The smallest absolute Gasteiger partial charge is 0.431 e. The van der Waals surface area contributed by atoms with E-state index in [2.05, 4.69) is 5.16 Å². The molecule has 3 rings (SSSR count). The lowest BCUT2D eigenvalue weighted by Gasteiger charge is -2.14. The maximum absolute atomic E-state index is 12.9. The molecule has 0 saturated carbocycles. The van der Waals surface area contributed by atoms with Crippen LogP contribution >= 0.6 is 0 Å². The number of hydrogen-bond acceptors (Lipinski definition) is 5. The van der Waals surface area contributed by atoms with E-state index in [1.54, 1.807) is 13.8 Å². The fraction of sp³-hybridized carbons (Fsp3) is 0.312. The summed E-state index contributed by atoms with van der Waals surface area (Å²) in [5.74, 6) is 0.161. The van der Waals surface area contributed by atoms with Crippen molar-refractivity contribution in [2.24, 2.45) is 7.05 Å². The van der Waals surface area contributed by atoms with Crippen molar-refractivity contribution >= 4 is 11.0 Å². The van der Waals surface area contributed by atoms with Crippen molar-refractivity contribution in [1.29, 1.82) is 0 Å². The van der Waals surface area contributed by atoms with Gasteiger partial charge in [0, 0.05) is 13.1 Å². The van der Waals surface area contributed by atoms with Gasteiger partial charge in [-0.3, -0.25) is 9.36 Å². The van der Waals surface area contributed by atoms with Gasteiger partial charge in [-0.25, -0.2) is 9.36 Å². The molecule has 0 spiro atoms. The molecule has 7 nitrogen and oxygen atoms in total. The SMILES string of the molecule is CC(C)Oc1noc2ccc(-n3c(=O)cc(C(F)(F)F)n(C)c3=O)cc12. The molecule has 0 atom stereocenters. The van der Waals surface area contributed by atoms with Crippen molar-refractivity contribution in [3.05, 3.63) is 50.8 Å². The number of nitrogens with zero attached hydrogens (tertiary/aromatic N) is 3. The number of alkyl halides is 3. The zero-order valence-corrected chi connectivity index (χ0v) is 14.0. The van der Waals surface area contributed by atoms with Crippen LogP contribution in [-0.4, -0.2) is 20.4 Å². The molecule has 0 aliphatic heterocycles. The lowest BCUT2D eigenvalue weighted by molar-refractivity contribution is -0.144. The van der Waals surface area contributed by atoms with E-state index in [1.807, 2.05) is 0 Å². The fourth-order valence-corrected chi connectivity index (χ4v) is 2.49. The first-order valence-electron chi connectivity index (χ1n) is 7.56. The Kier molecular flexibility index (Phi) is 4.13. The Balaban J connectivity index is 2.23. The Bertz CT molecular complexity index is 1090. The van der Waals surface area contributed by atoms with Crippen molar-refractivity contribution in [2.75, 3.05) is 0 Å². The Hall–Kier alpha value is -3.04. The molecule has 0 amide bonds. The van der Waals surface area contributed by atoms with Crippen LogP contribution in [0.25, 0.3) is 16.7 Å². The topological polar surface area (TPSA) is 79.3 Å². The highest BCUT2D eigenvalue weighted by Gasteiger charge is 2.35. The number of fused-ring (bicyclic) bond motifs is 1. The zero-order chi connectivity index (χ0) is 19.2. The molecule has 0 N–H and O–H groups in total. The predicted molar refractivity (Wildman–Crippen MR) is 85.6 cm³/mol. The Labute approximate surface area is 144 Å². The lowest BCUT2D eigenvalue weighted by atomic mass is 10.2. The van der Waals surface area contributed by atoms with Crippen LogP contribution in [0.1, 0.15) is 19.5 Å². The van der Waals surface area contributed by atoms with E-state index in [1.165, 1.54) is 18.2 Å². The minimum atomic E-state index is -4.82. The summed E-state index contributed by atoms with van der Waals surface area (Å²) in [5.41, 5.74) is -3.11. The van der Waals surface area contributed by atoms with E-state index in [0.29, 0.717) is 26.2 Å². The first-order chi connectivity index (χ1) is 12.1. The number of hydrogen-bond donors (Lipinski definition) is 0. The minimum Gasteiger partial charge on any atom is -0.472 e. The van der Waals surface area contributed by atoms with Crippen LogP contribution in [0.2, 0.25) is 0 Å². The summed E-state index contributed by atoms with van der Waals surface area (Å²) >= 11 is 0. The maximum atomic E-state index is 12.9. The maximum Gasteiger partial charge on any atom is 0.431 e. The zero-order valence-electron chi connectivity index (χ0n) is 14.0. The molecule has 26 heavy (non-hydrogen) atoms. The summed E-state index contributed by atoms with van der Waals surface area (Å²) in [5, 5.41) is 4.16. The van der Waals surface area contributed by atoms with Crippen molar-refractivity contribution in [1.82, 2.24) is 14.3 Å². The first kappa shape index (κ1) is 17.8. The van der Waals surface area contributed by atoms with E-state index >= 15 is 0 Å². The highest BCUT2D eigenvalue weighted by Crippen LogP contribution is 2.28. The molecule has 0 fully saturated rings. The summed E-state index contributed by atoms with van der Waals surface area (Å²) < 4.78 is 50.4. The number of rotatable bonds is 3. The van der Waals surface area contributed by atoms with Crippen LogP contribution in [0.3, 0.4) is 0 Å². The summed E-state index contributed by atoms with van der Waals surface area (Å²) in [6, 6.07) is 4.61. The third-order valence-corrected chi connectivity index (χ3v) is 3.64. The minimum absolute atomic E-state index is 0.0774. The van der Waals surface area contributed by atoms with Crippen LogP contribution in [0.4, 0.5) is 13.2 Å². The molecule has 0 saturated heterocycles. The summed E-state index contributed by atoms with van der Waals surface area (Å²) in [6.07, 6.45) is -5.02. The molecule has 0 bridgehead atoms. The second-order valence-electron chi connectivity index (χ2n) is 5.88. The molecule has 138 valence electrons. The van der Waals surface area contributed by atoms with E-state index < -0.39 is 23.1 Å². The molecule has 3 aromatic rings. The van der Waals surface area contributed by atoms with Gasteiger partial charge in [0.15, 0.2) is 5.58 Å². The monoisotopic (exact) mass is 369 g/mol. The van der Waals surface area contributed by atoms with Crippen LogP contribution < -0.4 is 16.0 Å². The van der Waals surface area contributed by atoms with Gasteiger partial charge >= 0.3 is 11.9 Å². The number of benzene rings is 1. The quantitative estimate of drug-likeness (QED) is 0.709. The van der Waals surface area contributed by atoms with Gasteiger partial charge in [0.05, 0.1) is 17.2 Å². The average molecular weight is 369 g/mol. The number of ether oxygens (including phenoxy) is 1. The standard InChI is InChI=1S/C16H14F3N3O4/c1-8(2)25-14-10-6-9(4-5-11(10)26-20-14)22-13(23)7-12(16(17,18)19)21(3)15(22)24/h4-8H,1-3H3. The molecule has 2 heterocycles. The van der Waals surface area contributed by atoms with Crippen LogP contribution in [0.5, 0.6) is 5.88 Å². The highest BCUT2D eigenvalue weighted by atomic mass is 19.4. The number of halogens is 3. The molecule has 0 unspecified atom stereocenters. The third kappa shape index (κ3) is 2.98. The van der Waals surface area contributed by atoms with Crippen molar-refractivity contribution in [2.45, 2.75) is 26.1 Å². The molecule has 0 aliphatic rings.